The summed E-state index contributed by atoms with van der Waals surface area (Å²) in [4.78, 5) is 0. The number of halogens is 1. The molecule has 2 N–H and O–H groups in total. The van der Waals surface area contributed by atoms with Gasteiger partial charge in [-0.3, -0.25) is 0 Å². The predicted octanol–water partition coefficient (Wildman–Crippen LogP) is 3.81. The summed E-state index contributed by atoms with van der Waals surface area (Å²) in [5.41, 5.74) is -0.504. The second-order valence-corrected chi connectivity index (χ2v) is 5.78. The molecule has 4 heteroatoms. The molecule has 3 rings (SSSR count). The first-order valence-electron chi connectivity index (χ1n) is 6.68. The first-order chi connectivity index (χ1) is 9.10. The van der Waals surface area contributed by atoms with Crippen molar-refractivity contribution in [2.75, 3.05) is 0 Å². The zero-order chi connectivity index (χ0) is 13.5. The van der Waals surface area contributed by atoms with Crippen molar-refractivity contribution in [3.05, 3.63) is 35.0 Å². The van der Waals surface area contributed by atoms with E-state index in [-0.39, 0.29) is 0 Å². The van der Waals surface area contributed by atoms with Gasteiger partial charge in [-0.25, -0.2) is 0 Å². The number of hydrogen-bond acceptors (Lipinski definition) is 3. The van der Waals surface area contributed by atoms with Gasteiger partial charge in [0, 0.05) is 5.39 Å². The molecule has 19 heavy (non-hydrogen) atoms. The molecule has 1 aliphatic rings. The molecule has 1 fully saturated rings. The van der Waals surface area contributed by atoms with Gasteiger partial charge in [0.2, 0.25) is 0 Å². The van der Waals surface area contributed by atoms with Crippen LogP contribution >= 0.6 is 11.6 Å². The summed E-state index contributed by atoms with van der Waals surface area (Å²) < 4.78 is 5.64. The second kappa shape index (κ2) is 4.82. The Kier molecular flexibility index (Phi) is 3.29. The summed E-state index contributed by atoms with van der Waals surface area (Å²) in [5.74, 6) is 0.396. The topological polar surface area (TPSA) is 53.6 Å². The van der Waals surface area contributed by atoms with Crippen molar-refractivity contribution in [2.24, 2.45) is 0 Å². The van der Waals surface area contributed by atoms with Crippen LogP contribution in [0.2, 0.25) is 5.02 Å². The summed E-state index contributed by atoms with van der Waals surface area (Å²) in [6, 6.07) is 7.23. The van der Waals surface area contributed by atoms with Crippen LogP contribution in [0, 0.1) is 0 Å². The Labute approximate surface area is 116 Å². The molecule has 2 aromatic rings. The van der Waals surface area contributed by atoms with Crippen molar-refractivity contribution in [1.29, 1.82) is 0 Å². The summed E-state index contributed by atoms with van der Waals surface area (Å²) in [7, 11) is 0. The molecule has 1 saturated carbocycles. The van der Waals surface area contributed by atoms with Crippen LogP contribution in [0.15, 0.2) is 28.7 Å². The molecule has 3 nitrogen and oxygen atoms in total. The fourth-order valence-corrected chi connectivity index (χ4v) is 3.10. The lowest BCUT2D eigenvalue weighted by Gasteiger charge is -2.35. The first-order valence-corrected chi connectivity index (χ1v) is 7.06. The van der Waals surface area contributed by atoms with Crippen molar-refractivity contribution >= 4 is 22.6 Å². The van der Waals surface area contributed by atoms with Gasteiger partial charge in [0.05, 0.1) is 10.6 Å². The van der Waals surface area contributed by atoms with Crippen LogP contribution in [0.1, 0.15) is 44.0 Å². The molecular formula is C15H17ClO3. The smallest absolute Gasteiger partial charge is 0.152 e. The number of para-hydroxylation sites is 1. The zero-order valence-electron chi connectivity index (χ0n) is 10.6. The molecule has 0 aliphatic heterocycles. The van der Waals surface area contributed by atoms with Gasteiger partial charge in [-0.1, -0.05) is 43.0 Å². The highest BCUT2D eigenvalue weighted by Gasteiger charge is 2.39. The van der Waals surface area contributed by atoms with Gasteiger partial charge in [-0.2, -0.15) is 0 Å². The molecular weight excluding hydrogens is 264 g/mol. The fraction of sp³-hybridized carbons (Fsp3) is 0.467. The second-order valence-electron chi connectivity index (χ2n) is 5.37. The van der Waals surface area contributed by atoms with Crippen LogP contribution in [0.3, 0.4) is 0 Å². The lowest BCUT2D eigenvalue weighted by Crippen LogP contribution is -2.38. The molecule has 0 saturated heterocycles. The van der Waals surface area contributed by atoms with E-state index in [0.717, 1.165) is 24.6 Å². The van der Waals surface area contributed by atoms with Crippen LogP contribution < -0.4 is 0 Å². The van der Waals surface area contributed by atoms with Crippen molar-refractivity contribution in [3.63, 3.8) is 0 Å². The molecule has 0 spiro atoms. The van der Waals surface area contributed by atoms with Crippen molar-refractivity contribution in [3.8, 4) is 0 Å². The highest BCUT2D eigenvalue weighted by Crippen LogP contribution is 2.40. The third-order valence-electron chi connectivity index (χ3n) is 4.01. The molecule has 1 heterocycles. The van der Waals surface area contributed by atoms with E-state index in [9.17, 15) is 10.2 Å². The third-order valence-corrected chi connectivity index (χ3v) is 4.31. The number of aliphatic hydroxyl groups is 2. The standard InChI is InChI=1S/C15H17ClO3/c16-11-6-4-5-10-9-12(19-13(10)11)14(17)15(18)7-2-1-3-8-15/h4-6,9,14,17-18H,1-3,7-8H2. The average molecular weight is 281 g/mol. The maximum Gasteiger partial charge on any atom is 0.152 e. The number of hydrogen-bond donors (Lipinski definition) is 2. The van der Waals surface area contributed by atoms with Gasteiger partial charge in [0.15, 0.2) is 5.58 Å². The molecule has 1 aromatic carbocycles. The van der Waals surface area contributed by atoms with Gasteiger partial charge in [0.1, 0.15) is 11.9 Å². The normalized spacial score (nSPS) is 20.6. The highest BCUT2D eigenvalue weighted by molar-refractivity contribution is 6.34. The minimum atomic E-state index is -1.07. The van der Waals surface area contributed by atoms with Crippen molar-refractivity contribution < 1.29 is 14.6 Å². The Bertz CT molecular complexity index is 584. The molecule has 1 aromatic heterocycles. The van der Waals surface area contributed by atoms with Crippen LogP contribution in [0.25, 0.3) is 11.0 Å². The molecule has 0 amide bonds. The molecule has 1 atom stereocenters. The molecule has 1 aliphatic carbocycles. The average Bonchev–Trinajstić information content (AvgIpc) is 2.84. The Balaban J connectivity index is 1.97. The third kappa shape index (κ3) is 2.27. The van der Waals surface area contributed by atoms with E-state index in [1.54, 1.807) is 12.1 Å². The molecule has 0 radical (unpaired) electrons. The van der Waals surface area contributed by atoms with Crippen LogP contribution in [-0.2, 0) is 0 Å². The van der Waals surface area contributed by atoms with Gasteiger partial charge >= 0.3 is 0 Å². The minimum absolute atomic E-state index is 0.396. The summed E-state index contributed by atoms with van der Waals surface area (Å²) in [6.45, 7) is 0. The largest absolute Gasteiger partial charge is 0.457 e. The van der Waals surface area contributed by atoms with Crippen LogP contribution in [0.5, 0.6) is 0 Å². The SMILES string of the molecule is OC(c1cc2cccc(Cl)c2o1)C1(O)CCCCC1. The van der Waals surface area contributed by atoms with E-state index >= 15 is 0 Å². The lowest BCUT2D eigenvalue weighted by molar-refractivity contribution is -0.106. The summed E-state index contributed by atoms with van der Waals surface area (Å²) >= 11 is 6.06. The molecule has 1 unspecified atom stereocenters. The Hall–Kier alpha value is -1.03. The Morgan fingerprint density at radius 3 is 2.63 bits per heavy atom. The van der Waals surface area contributed by atoms with E-state index in [1.807, 2.05) is 12.1 Å². The number of rotatable bonds is 2. The van der Waals surface area contributed by atoms with Gasteiger partial charge in [-0.15, -0.1) is 0 Å². The van der Waals surface area contributed by atoms with E-state index < -0.39 is 11.7 Å². The van der Waals surface area contributed by atoms with E-state index in [4.69, 9.17) is 16.0 Å². The zero-order valence-corrected chi connectivity index (χ0v) is 11.4. The summed E-state index contributed by atoms with van der Waals surface area (Å²) in [6.07, 6.45) is 3.22. The first kappa shape index (κ1) is 13.0. The number of fused-ring (bicyclic) bond motifs is 1. The quantitative estimate of drug-likeness (QED) is 0.879. The fourth-order valence-electron chi connectivity index (χ4n) is 2.88. The van der Waals surface area contributed by atoms with Crippen LogP contribution in [0.4, 0.5) is 0 Å². The monoisotopic (exact) mass is 280 g/mol. The number of aliphatic hydroxyl groups excluding tert-OH is 1. The minimum Gasteiger partial charge on any atom is -0.457 e. The molecule has 102 valence electrons. The van der Waals surface area contributed by atoms with Gasteiger partial charge in [-0.05, 0) is 25.0 Å². The number of benzene rings is 1. The van der Waals surface area contributed by atoms with E-state index in [1.165, 1.54) is 0 Å². The van der Waals surface area contributed by atoms with Gasteiger partial charge in [0.25, 0.3) is 0 Å². The number of furan rings is 1. The Morgan fingerprint density at radius 1 is 1.21 bits per heavy atom. The highest BCUT2D eigenvalue weighted by atomic mass is 35.5. The van der Waals surface area contributed by atoms with E-state index in [0.29, 0.717) is 29.2 Å². The lowest BCUT2D eigenvalue weighted by atomic mass is 9.80. The maximum atomic E-state index is 10.5. The Morgan fingerprint density at radius 2 is 1.95 bits per heavy atom. The van der Waals surface area contributed by atoms with Crippen molar-refractivity contribution in [1.82, 2.24) is 0 Å². The van der Waals surface area contributed by atoms with E-state index in [2.05, 4.69) is 0 Å². The molecule has 0 bridgehead atoms. The van der Waals surface area contributed by atoms with Crippen LogP contribution in [-0.4, -0.2) is 15.8 Å². The maximum absolute atomic E-state index is 10.5. The van der Waals surface area contributed by atoms with Gasteiger partial charge < -0.3 is 14.6 Å². The predicted molar refractivity (Wildman–Crippen MR) is 74.2 cm³/mol. The van der Waals surface area contributed by atoms with Crippen molar-refractivity contribution in [2.45, 2.75) is 43.8 Å². The summed E-state index contributed by atoms with van der Waals surface area (Å²) in [5, 5.41) is 22.3.